The summed E-state index contributed by atoms with van der Waals surface area (Å²) in [6.07, 6.45) is 0. The van der Waals surface area contributed by atoms with E-state index in [2.05, 4.69) is 124 Å². The second-order valence-electron chi connectivity index (χ2n) is 14.0. The molecular formula is C51H50Br7Cl3O8Y6-2. The molecule has 8 nitrogen and oxygen atoms in total. The smallest absolute Gasteiger partial charge is 0.161 e. The van der Waals surface area contributed by atoms with Crippen molar-refractivity contribution in [2.24, 2.45) is 0 Å². The fourth-order valence-electron chi connectivity index (χ4n) is 4.92. The summed E-state index contributed by atoms with van der Waals surface area (Å²) in [5, 5.41) is 64.7. The fourth-order valence-corrected chi connectivity index (χ4v) is 8.44. The summed E-state index contributed by atoms with van der Waals surface area (Å²) in [7, 11) is 1.52. The quantitative estimate of drug-likeness (QED) is 0.0803. The zero-order valence-corrected chi connectivity index (χ0v) is 71.3. The molecule has 7 rings (SSSR count). The maximum absolute atomic E-state index is 9.31. The van der Waals surface area contributed by atoms with Gasteiger partial charge in [-0.15, -0.1) is 5.75 Å². The summed E-state index contributed by atoms with van der Waals surface area (Å²) in [5.41, 5.74) is 6.55. The summed E-state index contributed by atoms with van der Waals surface area (Å²) in [4.78, 5) is 0. The largest absolute Gasteiger partial charge is 0.559 e. The van der Waals surface area contributed by atoms with Gasteiger partial charge in [0.15, 0.2) is 11.5 Å². The second kappa shape index (κ2) is 49.0. The molecule has 24 heteroatoms. The van der Waals surface area contributed by atoms with Gasteiger partial charge in [0.2, 0.25) is 0 Å². The predicted octanol–water partition coefficient (Wildman–Crippen LogP) is 19.4. The molecule has 0 aromatic heterocycles. The third-order valence-corrected chi connectivity index (χ3v) is 14.5. The van der Waals surface area contributed by atoms with E-state index in [1.807, 2.05) is 53.7 Å². The van der Waals surface area contributed by atoms with E-state index in [-0.39, 0.29) is 232 Å². The molecule has 7 N–H and O–H groups in total. The van der Waals surface area contributed by atoms with Crippen LogP contribution in [0.4, 0.5) is 0 Å². The molecule has 75 heavy (non-hydrogen) atoms. The number of aryl methyl sites for hydroxylation is 7. The molecule has 392 valence electrons. The Bertz CT molecular complexity index is 2430. The Morgan fingerprint density at radius 3 is 1.17 bits per heavy atom. The van der Waals surface area contributed by atoms with Crippen molar-refractivity contribution < 1.29 is 237 Å². The van der Waals surface area contributed by atoms with E-state index in [9.17, 15) is 10.2 Å². The van der Waals surface area contributed by atoms with Crippen LogP contribution in [0.2, 0.25) is 15.1 Å². The number of aromatic hydroxyl groups is 7. The van der Waals surface area contributed by atoms with E-state index in [1.165, 1.54) is 19.2 Å². The van der Waals surface area contributed by atoms with Crippen LogP contribution in [0.1, 0.15) is 46.4 Å². The van der Waals surface area contributed by atoms with Crippen LogP contribution in [-0.2, 0) is 196 Å². The predicted molar refractivity (Wildman–Crippen MR) is 310 cm³/mol. The summed E-state index contributed by atoms with van der Waals surface area (Å²) in [5.74, 6) is 1.90. The summed E-state index contributed by atoms with van der Waals surface area (Å²) >= 11 is 39.7. The molecule has 0 saturated heterocycles. The van der Waals surface area contributed by atoms with Crippen molar-refractivity contribution in [1.82, 2.24) is 0 Å². The van der Waals surface area contributed by atoms with Crippen molar-refractivity contribution in [3.63, 3.8) is 0 Å². The van der Waals surface area contributed by atoms with Gasteiger partial charge in [0.1, 0.15) is 28.7 Å². The molecule has 0 fully saturated rings. The van der Waals surface area contributed by atoms with Gasteiger partial charge in [0.05, 0.1) is 22.2 Å². The molecule has 0 aliphatic carbocycles. The van der Waals surface area contributed by atoms with Gasteiger partial charge in [-0.2, -0.15) is 0 Å². The van der Waals surface area contributed by atoms with Crippen LogP contribution in [-0.4, -0.2) is 42.9 Å². The zero-order valence-electron chi connectivity index (χ0n) is 40.9. The van der Waals surface area contributed by atoms with E-state index in [0.717, 1.165) is 70.3 Å². The van der Waals surface area contributed by atoms with Crippen LogP contribution in [0.5, 0.6) is 46.0 Å². The van der Waals surface area contributed by atoms with Crippen LogP contribution in [0.25, 0.3) is 0 Å². The van der Waals surface area contributed by atoms with Gasteiger partial charge in [-0.05, 0) is 169 Å². The van der Waals surface area contributed by atoms with Crippen LogP contribution >= 0.6 is 146 Å². The first-order valence-corrected chi connectivity index (χ1v) is 25.9. The van der Waals surface area contributed by atoms with E-state index >= 15 is 0 Å². The molecule has 0 spiro atoms. The third-order valence-electron chi connectivity index (χ3n) is 8.32. The standard InChI is InChI=1S/C8H9BrO.C8H7BrO.C8H9BrO.C7H6BrClO.C7H7BrO2.2C6H4BrClO.CH4.6Y/c2*1-5-3-7(10)4-6(2)8(5)9;1-5-3-7(9)4-6(2)8(5)10;1-4-2-5(8)3-6(9)7(4)10;1-10-7-4-5(8)2-3-6(7)9;7-4-1-2-6(9)5(8)3-4;7-5-2-1-4(9)3-6(5)8;;;;;;;/h3-4,10H,1-2H3;10H,1-2H3;3-4,10H,1-2H3;2-3,10H,1H3;2-4,9H,1H3;2*1-3,9H;1H4;;;;;;/q;-2;;;;;;;;;;;;. The van der Waals surface area contributed by atoms with E-state index in [1.54, 1.807) is 73.7 Å². The van der Waals surface area contributed by atoms with E-state index in [4.69, 9.17) is 65.1 Å². The monoisotopic (exact) mass is 1980 g/mol. The Hall–Kier alpha value is 3.79. The molecule has 0 atom stereocenters. The van der Waals surface area contributed by atoms with Crippen molar-refractivity contribution in [2.75, 3.05) is 7.11 Å². The first-order valence-electron chi connectivity index (χ1n) is 19.2. The fraction of sp³-hybridized carbons (Fsp3) is 0.176. The molecule has 0 amide bonds. The summed E-state index contributed by atoms with van der Waals surface area (Å²) in [6, 6.07) is 30.8. The summed E-state index contributed by atoms with van der Waals surface area (Å²) in [6.45, 7) is 13.2. The number of halogens is 10. The Balaban J connectivity index is -0.000000142. The number of hydrogen-bond acceptors (Lipinski definition) is 8. The van der Waals surface area contributed by atoms with Gasteiger partial charge in [0, 0.05) is 223 Å². The minimum atomic E-state index is 0. The van der Waals surface area contributed by atoms with E-state index < -0.39 is 0 Å². The Labute approximate surface area is 667 Å². The molecule has 0 heterocycles. The molecule has 6 radical (unpaired) electrons. The Morgan fingerprint density at radius 2 is 0.800 bits per heavy atom. The molecule has 0 aliphatic rings. The van der Waals surface area contributed by atoms with E-state index in [0.29, 0.717) is 32.3 Å². The zero-order chi connectivity index (χ0) is 52.2. The first-order chi connectivity index (χ1) is 31.6. The van der Waals surface area contributed by atoms with Gasteiger partial charge in [0.25, 0.3) is 0 Å². The Kier molecular flexibility index (Phi) is 60.4. The molecule has 7 aromatic rings. The van der Waals surface area contributed by atoms with Crippen molar-refractivity contribution in [3.8, 4) is 46.0 Å². The van der Waals surface area contributed by atoms with Crippen LogP contribution in [0, 0.1) is 60.6 Å². The van der Waals surface area contributed by atoms with Crippen molar-refractivity contribution in [3.05, 3.63) is 188 Å². The SMILES string of the molecule is C.COc1cc(Br)ccc1O.Cc1[c-]c(O)[c-]c(C)c1Br.Cc1cc(Br)cc(C)c1O.Cc1cc(Br)cc(Cl)c1O.Cc1cc(O)cc(C)c1Br.Oc1ccc(Br)c(Cl)c1.Oc1ccc(Br)cc1Cl.[Y].[Y].[Y].[Y].[Y].[Y]. The van der Waals surface area contributed by atoms with Crippen molar-refractivity contribution in [1.29, 1.82) is 0 Å². The third kappa shape index (κ3) is 37.8. The maximum Gasteiger partial charge on any atom is 0.161 e. The normalized spacial score (nSPS) is 8.83. The number of methoxy groups -OCH3 is 1. The number of ether oxygens (including phenoxy) is 1. The number of rotatable bonds is 1. The molecule has 0 saturated carbocycles. The van der Waals surface area contributed by atoms with Gasteiger partial charge >= 0.3 is 0 Å². The second-order valence-corrected chi connectivity index (χ2v) is 21.3. The van der Waals surface area contributed by atoms with Gasteiger partial charge in [-0.1, -0.05) is 136 Å². The first kappa shape index (κ1) is 92.5. The van der Waals surface area contributed by atoms with Crippen molar-refractivity contribution >= 4 is 146 Å². The van der Waals surface area contributed by atoms with Crippen molar-refractivity contribution in [2.45, 2.75) is 55.9 Å². The molecule has 0 aliphatic heterocycles. The van der Waals surface area contributed by atoms with Gasteiger partial charge in [-0.3, -0.25) is 11.1 Å². The number of phenols is 7. The van der Waals surface area contributed by atoms with Gasteiger partial charge in [-0.25, -0.2) is 20.4 Å². The number of hydrogen-bond donors (Lipinski definition) is 7. The Morgan fingerprint density at radius 1 is 0.400 bits per heavy atom. The molecule has 0 unspecified atom stereocenters. The topological polar surface area (TPSA) is 151 Å². The van der Waals surface area contributed by atoms with Crippen LogP contribution in [0.3, 0.4) is 0 Å². The summed E-state index contributed by atoms with van der Waals surface area (Å²) < 4.78 is 11.3. The average molecular weight is 1990 g/mol. The molecule has 7 aromatic carbocycles. The maximum atomic E-state index is 9.31. The number of benzene rings is 7. The van der Waals surface area contributed by atoms with Crippen LogP contribution < -0.4 is 4.74 Å². The van der Waals surface area contributed by atoms with Crippen LogP contribution in [0.15, 0.2) is 122 Å². The number of phenolic OH excluding ortho intramolecular Hbond substituents is 7. The minimum Gasteiger partial charge on any atom is -0.559 e. The molecular weight excluding hydrogens is 1940 g/mol. The molecule has 0 bridgehead atoms. The average Bonchev–Trinajstić information content (AvgIpc) is 3.25. The minimum absolute atomic E-state index is 0. The van der Waals surface area contributed by atoms with Gasteiger partial charge < -0.3 is 52.6 Å².